The Bertz CT molecular complexity index is 828. The Balaban J connectivity index is -0.000000135. The van der Waals surface area contributed by atoms with Crippen LogP contribution in [-0.2, 0) is 19.5 Å². The first-order valence-electron chi connectivity index (χ1n) is 12.9. The molecule has 2 rings (SSSR count). The molecular formula is C32H58N2RuSi4+2. The zero-order valence-corrected chi connectivity index (χ0v) is 34.1. The van der Waals surface area contributed by atoms with Gasteiger partial charge in [0, 0.05) is 41.5 Å². The van der Waals surface area contributed by atoms with Gasteiger partial charge in [-0.2, -0.15) is 0 Å². The molecular weight excluding hydrogens is 626 g/mol. The molecule has 218 valence electrons. The number of benzene rings is 2. The van der Waals surface area contributed by atoms with Crippen molar-refractivity contribution in [1.29, 1.82) is 0 Å². The Morgan fingerprint density at radius 3 is 0.923 bits per heavy atom. The molecule has 0 bridgehead atoms. The monoisotopic (exact) mass is 684 g/mol. The van der Waals surface area contributed by atoms with Gasteiger partial charge in [0.15, 0.2) is 0 Å². The molecule has 0 aliphatic rings. The molecule has 0 amide bonds. The smallest absolute Gasteiger partial charge is 0.358 e. The van der Waals surface area contributed by atoms with Crippen LogP contribution < -0.4 is 20.7 Å². The van der Waals surface area contributed by atoms with E-state index < -0.39 is 17.6 Å². The number of nitrogens with zero attached hydrogens (tertiary/aromatic N) is 2. The largest absolute Gasteiger partial charge is 4.00 e. The second kappa shape index (κ2) is 23.6. The van der Waals surface area contributed by atoms with E-state index in [1.165, 1.54) is 0 Å². The van der Waals surface area contributed by atoms with Crippen molar-refractivity contribution in [3.05, 3.63) is 86.2 Å². The van der Waals surface area contributed by atoms with Gasteiger partial charge in [0.1, 0.15) is 0 Å². The number of hydrogen-bond acceptors (Lipinski definition) is 0. The van der Waals surface area contributed by atoms with Gasteiger partial charge in [-0.15, -0.1) is 0 Å². The fraction of sp³-hybridized carbons (Fsp3) is 0.500. The Morgan fingerprint density at radius 2 is 0.769 bits per heavy atom. The topological polar surface area (TPSA) is 8.72 Å². The van der Waals surface area contributed by atoms with Gasteiger partial charge in [0.25, 0.3) is 0 Å². The summed E-state index contributed by atoms with van der Waals surface area (Å²) in [7, 11) is -1.70. The minimum Gasteiger partial charge on any atom is -0.358 e. The average Bonchev–Trinajstić information content (AvgIpc) is 2.79. The Labute approximate surface area is 265 Å². The first kappa shape index (κ1) is 47.7. The van der Waals surface area contributed by atoms with Gasteiger partial charge in [-0.05, 0) is 0 Å². The molecule has 39 heavy (non-hydrogen) atoms. The van der Waals surface area contributed by atoms with E-state index in [4.69, 9.17) is 13.1 Å². The molecule has 7 heteroatoms. The molecule has 2 nitrogen and oxygen atoms in total. The standard InChI is InChI=1S/C10H18Si2.C10H16Si2.2C5H9N.2CH3.Ru/c2*1-11(2)9-7-5-6-8-10(9)12(3)4;2*1-5(2,3)6-4;;;/h5-8,11-12H,1-4H3;5-8H,1-4H3;2*1-3H3;2*1H3;/q;;;;2*-1;+4. The summed E-state index contributed by atoms with van der Waals surface area (Å²) in [5, 5.41) is 6.67. The van der Waals surface area contributed by atoms with E-state index in [-0.39, 0.29) is 63.0 Å². The predicted molar refractivity (Wildman–Crippen MR) is 190 cm³/mol. The van der Waals surface area contributed by atoms with Gasteiger partial charge in [-0.3, -0.25) is 0 Å². The van der Waals surface area contributed by atoms with Gasteiger partial charge < -0.3 is 24.5 Å². The summed E-state index contributed by atoms with van der Waals surface area (Å²) in [6.07, 6.45) is 0. The Kier molecular flexibility index (Phi) is 28.9. The van der Waals surface area contributed by atoms with Gasteiger partial charge in [-0.1, -0.05) is 122 Å². The minimum atomic E-state index is -0.590. The molecule has 2 aromatic rings. The van der Waals surface area contributed by atoms with E-state index in [1.807, 2.05) is 41.5 Å². The van der Waals surface area contributed by atoms with Crippen LogP contribution in [0.3, 0.4) is 0 Å². The van der Waals surface area contributed by atoms with Crippen LogP contribution >= 0.6 is 0 Å². The third-order valence-corrected chi connectivity index (χ3v) is 12.1. The number of rotatable bonds is 4. The van der Waals surface area contributed by atoms with Crippen molar-refractivity contribution in [3.63, 3.8) is 0 Å². The first-order valence-corrected chi connectivity index (χ1v) is 23.7. The zero-order chi connectivity index (χ0) is 28.7. The molecule has 0 aliphatic heterocycles. The summed E-state index contributed by atoms with van der Waals surface area (Å²) in [6, 6.07) is 18.0. The summed E-state index contributed by atoms with van der Waals surface area (Å²) in [5.41, 5.74) is -0.333. The quantitative estimate of drug-likeness (QED) is 0.243. The minimum absolute atomic E-state index is 0. The zero-order valence-electron chi connectivity index (χ0n) is 28.0. The Hall–Kier alpha value is -1.09. The van der Waals surface area contributed by atoms with Gasteiger partial charge in [0.05, 0.1) is 35.2 Å². The molecule has 0 saturated heterocycles. The maximum Gasteiger partial charge on any atom is 4.00 e. The summed E-state index contributed by atoms with van der Waals surface area (Å²) in [6.45, 7) is 43.4. The van der Waals surface area contributed by atoms with Crippen LogP contribution in [0.4, 0.5) is 0 Å². The van der Waals surface area contributed by atoms with Crippen molar-refractivity contribution in [3.8, 4) is 0 Å². The van der Waals surface area contributed by atoms with Crippen LogP contribution in [0.1, 0.15) is 41.5 Å². The van der Waals surface area contributed by atoms with E-state index in [0.717, 1.165) is 0 Å². The van der Waals surface area contributed by atoms with Crippen molar-refractivity contribution >= 4 is 55.9 Å². The second-order valence-electron chi connectivity index (χ2n) is 12.0. The van der Waals surface area contributed by atoms with Crippen LogP contribution in [0.15, 0.2) is 48.5 Å². The van der Waals surface area contributed by atoms with Crippen molar-refractivity contribution in [1.82, 2.24) is 0 Å². The molecule has 0 atom stereocenters. The normalized spacial score (nSPS) is 10.1. The fourth-order valence-corrected chi connectivity index (χ4v) is 11.0. The van der Waals surface area contributed by atoms with E-state index >= 15 is 0 Å². The van der Waals surface area contributed by atoms with Crippen molar-refractivity contribution in [2.45, 2.75) is 105 Å². The predicted octanol–water partition coefficient (Wildman–Crippen LogP) is 6.99. The van der Waals surface area contributed by atoms with Gasteiger partial charge in [-0.25, -0.2) is 13.1 Å². The first-order chi connectivity index (χ1) is 16.4. The Morgan fingerprint density at radius 1 is 0.564 bits per heavy atom. The third kappa shape index (κ3) is 24.4. The van der Waals surface area contributed by atoms with E-state index in [0.29, 0.717) is 0 Å². The fourth-order valence-electron chi connectivity index (χ4n) is 2.92. The second-order valence-corrected chi connectivity index (χ2v) is 23.0. The van der Waals surface area contributed by atoms with Crippen molar-refractivity contribution in [2.24, 2.45) is 0 Å². The molecule has 0 unspecified atom stereocenters. The molecule has 2 aromatic carbocycles. The molecule has 0 aromatic heterocycles. The van der Waals surface area contributed by atoms with Crippen LogP contribution in [0.25, 0.3) is 9.69 Å². The SMILES string of the molecule is C[SiH](C)c1ccccc1[SiH](C)C.C[Si](C)c1ccccc1[Si](C)C.[C-]#[N+]C(C)(C)C.[C-]#[N+]C(C)(C)C.[CH3-].[CH3-].[Ru+4]. The molecule has 0 spiro atoms. The molecule has 0 N–H and O–H groups in total. The summed E-state index contributed by atoms with van der Waals surface area (Å²) in [4.78, 5) is 6.54. The molecule has 0 fully saturated rings. The molecule has 0 saturated carbocycles. The van der Waals surface area contributed by atoms with E-state index in [1.54, 1.807) is 20.7 Å². The maximum absolute atomic E-state index is 6.48. The van der Waals surface area contributed by atoms with Crippen molar-refractivity contribution in [2.75, 3.05) is 0 Å². The molecule has 2 radical (unpaired) electrons. The summed E-state index contributed by atoms with van der Waals surface area (Å²) in [5.74, 6) is 0. The van der Waals surface area contributed by atoms with Crippen LogP contribution in [0.2, 0.25) is 52.4 Å². The maximum atomic E-state index is 6.48. The third-order valence-electron chi connectivity index (χ3n) is 4.92. The van der Waals surface area contributed by atoms with Crippen molar-refractivity contribution < 1.29 is 19.5 Å². The van der Waals surface area contributed by atoms with Crippen LogP contribution in [-0.4, -0.2) is 46.3 Å². The van der Waals surface area contributed by atoms with Gasteiger partial charge in [0.2, 0.25) is 11.1 Å². The summed E-state index contributed by atoms with van der Waals surface area (Å²) < 4.78 is 0. The number of hydrogen-bond donors (Lipinski definition) is 0. The van der Waals surface area contributed by atoms with Gasteiger partial charge >= 0.3 is 19.5 Å². The van der Waals surface area contributed by atoms with Crippen LogP contribution in [0.5, 0.6) is 0 Å². The molecule has 0 aliphatic carbocycles. The summed E-state index contributed by atoms with van der Waals surface area (Å²) >= 11 is 0. The van der Waals surface area contributed by atoms with Crippen LogP contribution in [0, 0.1) is 28.0 Å². The van der Waals surface area contributed by atoms with E-state index in [2.05, 4.69) is 111 Å². The average molecular weight is 684 g/mol. The molecule has 0 heterocycles. The van der Waals surface area contributed by atoms with E-state index in [9.17, 15) is 0 Å².